The molecule has 1 heterocycles. The Balaban J connectivity index is 2.47. The van der Waals surface area contributed by atoms with Crippen molar-refractivity contribution in [1.82, 2.24) is 4.98 Å². The number of carbonyl (C=O) groups excluding carboxylic acids is 1. The first-order valence-corrected chi connectivity index (χ1v) is 5.41. The van der Waals surface area contributed by atoms with E-state index in [1.54, 1.807) is 31.6 Å². The lowest BCUT2D eigenvalue weighted by Gasteiger charge is -2.07. The molecule has 1 aromatic heterocycles. The molecule has 2 rings (SSSR count). The molecule has 0 aliphatic heterocycles. The Labute approximate surface area is 105 Å². The molecule has 0 radical (unpaired) electrons. The summed E-state index contributed by atoms with van der Waals surface area (Å²) in [5.41, 5.74) is 2.29. The molecular weight excluding hydrogens is 230 g/mol. The number of aromatic nitrogens is 1. The first-order valence-electron chi connectivity index (χ1n) is 5.41. The van der Waals surface area contributed by atoms with Crippen molar-refractivity contribution in [3.8, 4) is 22.6 Å². The van der Waals surface area contributed by atoms with E-state index in [4.69, 9.17) is 9.47 Å². The molecule has 0 spiro atoms. The number of pyridine rings is 1. The van der Waals surface area contributed by atoms with Gasteiger partial charge in [0.15, 0.2) is 6.29 Å². The fourth-order valence-corrected chi connectivity index (χ4v) is 1.69. The quantitative estimate of drug-likeness (QED) is 0.774. The monoisotopic (exact) mass is 243 g/mol. The van der Waals surface area contributed by atoms with Gasteiger partial charge in [0.25, 0.3) is 0 Å². The van der Waals surface area contributed by atoms with E-state index in [9.17, 15) is 4.79 Å². The fraction of sp³-hybridized carbons (Fsp3) is 0.143. The Hall–Kier alpha value is -2.36. The van der Waals surface area contributed by atoms with Crippen LogP contribution in [0.3, 0.4) is 0 Å². The van der Waals surface area contributed by atoms with E-state index < -0.39 is 0 Å². The van der Waals surface area contributed by atoms with Crippen LogP contribution in [0.4, 0.5) is 0 Å². The normalized spacial score (nSPS) is 9.89. The number of nitrogens with zero attached hydrogens (tertiary/aromatic N) is 1. The van der Waals surface area contributed by atoms with Crippen molar-refractivity contribution in [3.05, 3.63) is 42.2 Å². The van der Waals surface area contributed by atoms with Gasteiger partial charge >= 0.3 is 0 Å². The van der Waals surface area contributed by atoms with Crippen LogP contribution in [0.15, 0.2) is 36.7 Å². The Morgan fingerprint density at radius 1 is 1.06 bits per heavy atom. The van der Waals surface area contributed by atoms with Crippen LogP contribution in [0.2, 0.25) is 0 Å². The summed E-state index contributed by atoms with van der Waals surface area (Å²) in [6, 6.07) is 7.27. The maximum atomic E-state index is 11.0. The summed E-state index contributed by atoms with van der Waals surface area (Å²) in [6.07, 6.45) is 4.13. The standard InChI is InChI=1S/C14H13NO3/c1-17-13-6-11(7-15-8-13)10-3-4-14(18-2)12(5-10)9-16/h3-9H,1-2H3. The molecule has 0 amide bonds. The Morgan fingerprint density at radius 2 is 1.89 bits per heavy atom. The molecule has 0 atom stereocenters. The molecule has 0 fully saturated rings. The molecule has 4 heteroatoms. The SMILES string of the molecule is COc1cncc(-c2ccc(OC)c(C=O)c2)c1. The highest BCUT2D eigenvalue weighted by atomic mass is 16.5. The van der Waals surface area contributed by atoms with Crippen molar-refractivity contribution in [2.24, 2.45) is 0 Å². The summed E-state index contributed by atoms with van der Waals surface area (Å²) in [5.74, 6) is 1.24. The van der Waals surface area contributed by atoms with Gasteiger partial charge in [-0.1, -0.05) is 6.07 Å². The van der Waals surface area contributed by atoms with Crippen LogP contribution in [-0.4, -0.2) is 25.5 Å². The van der Waals surface area contributed by atoms with E-state index in [2.05, 4.69) is 4.98 Å². The smallest absolute Gasteiger partial charge is 0.153 e. The number of hydrogen-bond donors (Lipinski definition) is 0. The molecule has 0 aliphatic rings. The van der Waals surface area contributed by atoms with Gasteiger partial charge in [-0.3, -0.25) is 9.78 Å². The summed E-state index contributed by atoms with van der Waals surface area (Å²) >= 11 is 0. The van der Waals surface area contributed by atoms with E-state index in [0.717, 1.165) is 17.4 Å². The van der Waals surface area contributed by atoms with Crippen molar-refractivity contribution in [2.75, 3.05) is 14.2 Å². The van der Waals surface area contributed by atoms with E-state index in [-0.39, 0.29) is 0 Å². The molecule has 1 aromatic carbocycles. The van der Waals surface area contributed by atoms with E-state index in [1.807, 2.05) is 12.1 Å². The topological polar surface area (TPSA) is 48.4 Å². The van der Waals surface area contributed by atoms with Gasteiger partial charge in [-0.15, -0.1) is 0 Å². The maximum absolute atomic E-state index is 11.0. The predicted octanol–water partition coefficient (Wildman–Crippen LogP) is 2.58. The number of rotatable bonds is 4. The van der Waals surface area contributed by atoms with Crippen molar-refractivity contribution < 1.29 is 14.3 Å². The van der Waals surface area contributed by atoms with Gasteiger partial charge in [-0.25, -0.2) is 0 Å². The third-order valence-corrected chi connectivity index (χ3v) is 2.64. The minimum Gasteiger partial charge on any atom is -0.496 e. The van der Waals surface area contributed by atoms with Gasteiger partial charge < -0.3 is 9.47 Å². The highest BCUT2D eigenvalue weighted by Gasteiger charge is 2.06. The zero-order valence-electron chi connectivity index (χ0n) is 10.2. The highest BCUT2D eigenvalue weighted by Crippen LogP contribution is 2.27. The number of hydrogen-bond acceptors (Lipinski definition) is 4. The molecule has 0 saturated carbocycles. The minimum atomic E-state index is 0.512. The predicted molar refractivity (Wildman–Crippen MR) is 68.2 cm³/mol. The van der Waals surface area contributed by atoms with Crippen LogP contribution in [-0.2, 0) is 0 Å². The summed E-state index contributed by atoms with van der Waals surface area (Å²) in [6.45, 7) is 0. The lowest BCUT2D eigenvalue weighted by molar-refractivity contribution is 0.112. The number of aldehydes is 1. The molecule has 18 heavy (non-hydrogen) atoms. The lowest BCUT2D eigenvalue weighted by Crippen LogP contribution is -1.92. The van der Waals surface area contributed by atoms with E-state index >= 15 is 0 Å². The number of methoxy groups -OCH3 is 2. The van der Waals surface area contributed by atoms with Gasteiger partial charge in [0.2, 0.25) is 0 Å². The highest BCUT2D eigenvalue weighted by molar-refractivity contribution is 5.83. The maximum Gasteiger partial charge on any atom is 0.153 e. The van der Waals surface area contributed by atoms with Crippen LogP contribution in [0.25, 0.3) is 11.1 Å². The van der Waals surface area contributed by atoms with E-state index in [1.165, 1.54) is 7.11 Å². The second-order valence-electron chi connectivity index (χ2n) is 3.69. The number of carbonyl (C=O) groups is 1. The first-order chi connectivity index (χ1) is 8.78. The third kappa shape index (κ3) is 2.32. The number of benzene rings is 1. The molecule has 0 bridgehead atoms. The molecule has 2 aromatic rings. The van der Waals surface area contributed by atoms with Crippen LogP contribution in [0.5, 0.6) is 11.5 Å². The zero-order valence-corrected chi connectivity index (χ0v) is 10.2. The lowest BCUT2D eigenvalue weighted by atomic mass is 10.0. The summed E-state index contributed by atoms with van der Waals surface area (Å²) in [7, 11) is 3.13. The van der Waals surface area contributed by atoms with Crippen LogP contribution in [0.1, 0.15) is 10.4 Å². The zero-order chi connectivity index (χ0) is 13.0. The molecule has 92 valence electrons. The Morgan fingerprint density at radius 3 is 2.56 bits per heavy atom. The van der Waals surface area contributed by atoms with Gasteiger partial charge in [0.05, 0.1) is 26.0 Å². The van der Waals surface area contributed by atoms with Crippen LogP contribution < -0.4 is 9.47 Å². The first kappa shape index (κ1) is 12.1. The van der Waals surface area contributed by atoms with E-state index in [0.29, 0.717) is 17.1 Å². The molecule has 0 N–H and O–H groups in total. The average molecular weight is 243 g/mol. The van der Waals surface area contributed by atoms with Gasteiger partial charge in [0, 0.05) is 11.8 Å². The molecule has 4 nitrogen and oxygen atoms in total. The summed E-state index contributed by atoms with van der Waals surface area (Å²) in [4.78, 5) is 15.1. The Bertz CT molecular complexity index is 567. The average Bonchev–Trinajstić information content (AvgIpc) is 2.46. The van der Waals surface area contributed by atoms with Gasteiger partial charge in [-0.05, 0) is 23.8 Å². The van der Waals surface area contributed by atoms with Crippen molar-refractivity contribution in [3.63, 3.8) is 0 Å². The largest absolute Gasteiger partial charge is 0.496 e. The van der Waals surface area contributed by atoms with Crippen molar-refractivity contribution in [2.45, 2.75) is 0 Å². The molecular formula is C14H13NO3. The summed E-state index contributed by atoms with van der Waals surface area (Å²) < 4.78 is 10.2. The molecule has 0 aliphatic carbocycles. The van der Waals surface area contributed by atoms with Gasteiger partial charge in [-0.2, -0.15) is 0 Å². The van der Waals surface area contributed by atoms with Gasteiger partial charge in [0.1, 0.15) is 11.5 Å². The second-order valence-corrected chi connectivity index (χ2v) is 3.69. The van der Waals surface area contributed by atoms with Crippen LogP contribution in [0, 0.1) is 0 Å². The van der Waals surface area contributed by atoms with Crippen LogP contribution >= 0.6 is 0 Å². The van der Waals surface area contributed by atoms with Crippen molar-refractivity contribution in [1.29, 1.82) is 0 Å². The fourth-order valence-electron chi connectivity index (χ4n) is 1.69. The molecule has 0 saturated heterocycles. The van der Waals surface area contributed by atoms with Crippen molar-refractivity contribution >= 4 is 6.29 Å². The third-order valence-electron chi connectivity index (χ3n) is 2.64. The molecule has 0 unspecified atom stereocenters. The minimum absolute atomic E-state index is 0.512. The number of ether oxygens (including phenoxy) is 2. The Kier molecular flexibility index (Phi) is 3.57. The second kappa shape index (κ2) is 5.31. The summed E-state index contributed by atoms with van der Waals surface area (Å²) in [5, 5.41) is 0.